The largest absolute Gasteiger partial charge is 0.450 e. The molecule has 0 spiro atoms. The number of halogens is 3. The van der Waals surface area contributed by atoms with Crippen LogP contribution < -0.4 is 10.5 Å². The van der Waals surface area contributed by atoms with Crippen molar-refractivity contribution >= 4 is 42.7 Å². The second kappa shape index (κ2) is 7.37. The maximum atomic E-state index is 14.2. The Morgan fingerprint density at radius 2 is 1.73 bits per heavy atom. The molecular weight excluding hydrogens is 480 g/mol. The highest BCUT2D eigenvalue weighted by Crippen LogP contribution is 2.38. The van der Waals surface area contributed by atoms with E-state index in [-0.39, 0.29) is 27.4 Å². The van der Waals surface area contributed by atoms with Crippen molar-refractivity contribution in [3.63, 3.8) is 0 Å². The predicted octanol–water partition coefficient (Wildman–Crippen LogP) is 5.00. The normalized spacial score (nSPS) is 11.7. The van der Waals surface area contributed by atoms with Gasteiger partial charge in [-0.3, -0.25) is 0 Å². The van der Waals surface area contributed by atoms with Crippen molar-refractivity contribution in [2.45, 2.75) is 11.8 Å². The first-order chi connectivity index (χ1) is 14.2. The highest BCUT2D eigenvalue weighted by atomic mass is 79.9. The summed E-state index contributed by atoms with van der Waals surface area (Å²) >= 11 is 3.29. The summed E-state index contributed by atoms with van der Waals surface area (Å²) < 4.78 is 61.3. The Balaban J connectivity index is 1.87. The number of aromatic nitrogens is 2. The monoisotopic (exact) mass is 493 g/mol. The van der Waals surface area contributed by atoms with Crippen molar-refractivity contribution in [2.24, 2.45) is 0 Å². The number of pyridine rings is 1. The molecule has 4 rings (SSSR count). The molecule has 30 heavy (non-hydrogen) atoms. The van der Waals surface area contributed by atoms with Crippen LogP contribution in [0.25, 0.3) is 11.0 Å². The van der Waals surface area contributed by atoms with Gasteiger partial charge in [0, 0.05) is 34.7 Å². The van der Waals surface area contributed by atoms with E-state index >= 15 is 0 Å². The molecule has 0 aliphatic rings. The lowest BCUT2D eigenvalue weighted by atomic mass is 10.2. The summed E-state index contributed by atoms with van der Waals surface area (Å²) in [6.45, 7) is 1.85. The third-order valence-corrected chi connectivity index (χ3v) is 6.65. The molecule has 0 unspecified atom stereocenters. The number of anilines is 1. The van der Waals surface area contributed by atoms with E-state index in [0.29, 0.717) is 4.47 Å². The van der Waals surface area contributed by atoms with Crippen LogP contribution in [0.15, 0.2) is 64.2 Å². The number of nitrogens with zero attached hydrogens (tertiary/aromatic N) is 2. The Kier molecular flexibility index (Phi) is 4.99. The maximum absolute atomic E-state index is 14.2. The number of hydrogen-bond donors (Lipinski definition) is 1. The molecule has 2 aromatic heterocycles. The lowest BCUT2D eigenvalue weighted by Crippen LogP contribution is -2.12. The number of nitrogen functional groups attached to an aromatic ring is 1. The van der Waals surface area contributed by atoms with Crippen LogP contribution in [0.1, 0.15) is 5.56 Å². The van der Waals surface area contributed by atoms with E-state index < -0.39 is 27.4 Å². The zero-order valence-corrected chi connectivity index (χ0v) is 17.8. The molecule has 2 aromatic carbocycles. The number of nitrogens with two attached hydrogens (primary N) is 1. The van der Waals surface area contributed by atoms with Crippen LogP contribution >= 0.6 is 15.9 Å². The van der Waals surface area contributed by atoms with Gasteiger partial charge in [0.2, 0.25) is 0 Å². The topological polar surface area (TPSA) is 87.2 Å². The van der Waals surface area contributed by atoms with Gasteiger partial charge in [0.25, 0.3) is 10.0 Å². The van der Waals surface area contributed by atoms with E-state index in [1.54, 1.807) is 12.1 Å². The van der Waals surface area contributed by atoms with Crippen LogP contribution in [0.4, 0.5) is 14.5 Å². The van der Waals surface area contributed by atoms with E-state index in [1.807, 2.05) is 6.92 Å². The Bertz CT molecular complexity index is 1360. The molecule has 6 nitrogen and oxygen atoms in total. The van der Waals surface area contributed by atoms with Gasteiger partial charge < -0.3 is 10.5 Å². The first-order valence-corrected chi connectivity index (χ1v) is 10.8. The van der Waals surface area contributed by atoms with Crippen molar-refractivity contribution in [1.29, 1.82) is 0 Å². The maximum Gasteiger partial charge on any atom is 0.269 e. The molecule has 154 valence electrons. The standard InChI is InChI=1S/C20H14BrF2N3O3S/c1-11-2-4-13(5-3-11)30(27,28)26-10-14(21)18-17(6-7-25-20(18)26)29-19-15(22)8-12(24)9-16(19)23/h2-10H,24H2,1H3. The van der Waals surface area contributed by atoms with Gasteiger partial charge in [-0.15, -0.1) is 0 Å². The first kappa shape index (κ1) is 20.3. The summed E-state index contributed by atoms with van der Waals surface area (Å²) in [5.41, 5.74) is 6.29. The smallest absolute Gasteiger partial charge is 0.269 e. The molecule has 0 aliphatic heterocycles. The summed E-state index contributed by atoms with van der Waals surface area (Å²) in [7, 11) is -3.97. The quantitative estimate of drug-likeness (QED) is 0.404. The minimum absolute atomic E-state index is 0.0207. The predicted molar refractivity (Wildman–Crippen MR) is 112 cm³/mol. The lowest BCUT2D eigenvalue weighted by Gasteiger charge is -2.11. The van der Waals surface area contributed by atoms with E-state index in [9.17, 15) is 17.2 Å². The molecule has 4 aromatic rings. The summed E-state index contributed by atoms with van der Waals surface area (Å²) in [6, 6.07) is 9.58. The van der Waals surface area contributed by atoms with Gasteiger partial charge in [0.05, 0.1) is 10.3 Å². The minimum atomic E-state index is -3.97. The molecule has 0 saturated carbocycles. The van der Waals surface area contributed by atoms with E-state index in [1.165, 1.54) is 30.6 Å². The lowest BCUT2D eigenvalue weighted by molar-refractivity contribution is 0.411. The van der Waals surface area contributed by atoms with E-state index in [2.05, 4.69) is 20.9 Å². The van der Waals surface area contributed by atoms with Crippen molar-refractivity contribution in [3.05, 3.63) is 76.5 Å². The molecule has 0 aliphatic carbocycles. The van der Waals surface area contributed by atoms with Crippen LogP contribution in [0, 0.1) is 18.6 Å². The van der Waals surface area contributed by atoms with Crippen LogP contribution in [-0.2, 0) is 10.0 Å². The number of ether oxygens (including phenoxy) is 1. The minimum Gasteiger partial charge on any atom is -0.450 e. The highest BCUT2D eigenvalue weighted by molar-refractivity contribution is 9.10. The van der Waals surface area contributed by atoms with Crippen molar-refractivity contribution in [1.82, 2.24) is 8.96 Å². The first-order valence-electron chi connectivity index (χ1n) is 8.58. The molecule has 2 heterocycles. The molecule has 0 radical (unpaired) electrons. The van der Waals surface area contributed by atoms with Crippen molar-refractivity contribution < 1.29 is 21.9 Å². The molecule has 10 heteroatoms. The zero-order chi connectivity index (χ0) is 21.6. The summed E-state index contributed by atoms with van der Waals surface area (Å²) in [4.78, 5) is 4.21. The number of aryl methyl sites for hydroxylation is 1. The number of rotatable bonds is 4. The second-order valence-corrected chi connectivity index (χ2v) is 9.18. The van der Waals surface area contributed by atoms with Gasteiger partial charge in [-0.25, -0.2) is 26.2 Å². The Labute approximate surface area is 179 Å². The molecule has 0 atom stereocenters. The third kappa shape index (κ3) is 3.41. The van der Waals surface area contributed by atoms with Gasteiger partial charge in [0.1, 0.15) is 5.75 Å². The molecule has 0 fully saturated rings. The van der Waals surface area contributed by atoms with Crippen LogP contribution in [-0.4, -0.2) is 17.4 Å². The van der Waals surface area contributed by atoms with Crippen molar-refractivity contribution in [3.8, 4) is 11.5 Å². The molecule has 0 amide bonds. The van der Waals surface area contributed by atoms with Crippen molar-refractivity contribution in [2.75, 3.05) is 5.73 Å². The molecule has 2 N–H and O–H groups in total. The average Bonchev–Trinajstić information content (AvgIpc) is 3.03. The van der Waals surface area contributed by atoms with Gasteiger partial charge in [-0.2, -0.15) is 0 Å². The van der Waals surface area contributed by atoms with E-state index in [0.717, 1.165) is 21.7 Å². The Morgan fingerprint density at radius 1 is 1.10 bits per heavy atom. The Morgan fingerprint density at radius 3 is 2.37 bits per heavy atom. The SMILES string of the molecule is Cc1ccc(S(=O)(=O)n2cc(Br)c3c(Oc4c(F)cc(N)cc4F)ccnc32)cc1. The Hall–Kier alpha value is -2.98. The molecule has 0 bridgehead atoms. The van der Waals surface area contributed by atoms with E-state index in [4.69, 9.17) is 10.5 Å². The highest BCUT2D eigenvalue weighted by Gasteiger charge is 2.24. The van der Waals surface area contributed by atoms with Gasteiger partial charge >= 0.3 is 0 Å². The fourth-order valence-corrected chi connectivity index (χ4v) is 4.96. The number of fused-ring (bicyclic) bond motifs is 1. The van der Waals surface area contributed by atoms with Gasteiger partial charge in [0.15, 0.2) is 23.0 Å². The van der Waals surface area contributed by atoms with Gasteiger partial charge in [-0.1, -0.05) is 17.7 Å². The molecule has 0 saturated heterocycles. The number of benzene rings is 2. The number of hydrogen-bond acceptors (Lipinski definition) is 5. The second-order valence-electron chi connectivity index (χ2n) is 6.51. The van der Waals surface area contributed by atoms with Crippen LogP contribution in [0.2, 0.25) is 0 Å². The summed E-state index contributed by atoms with van der Waals surface area (Å²) in [5.74, 6) is -2.61. The summed E-state index contributed by atoms with van der Waals surface area (Å²) in [6.07, 6.45) is 2.60. The zero-order valence-electron chi connectivity index (χ0n) is 15.4. The third-order valence-electron chi connectivity index (χ3n) is 4.38. The van der Waals surface area contributed by atoms with Gasteiger partial charge in [-0.05, 0) is 41.1 Å². The summed E-state index contributed by atoms with van der Waals surface area (Å²) in [5, 5.41) is 0.240. The fourth-order valence-electron chi connectivity index (χ4n) is 2.93. The van der Waals surface area contributed by atoms with Crippen LogP contribution in [0.5, 0.6) is 11.5 Å². The average molecular weight is 494 g/mol. The fraction of sp³-hybridized carbons (Fsp3) is 0.0500. The van der Waals surface area contributed by atoms with Crippen LogP contribution in [0.3, 0.4) is 0 Å². The molecular formula is C20H14BrF2N3O3S.